The molecule has 0 radical (unpaired) electrons. The molecule has 1 saturated carbocycles. The standard InChI is InChI=1S/C17H20O3S/c1-2-19-17(18)11-14-12-7-3-5-9-15(12)21-16-10-6-4-8-13(16)20-14/h3,5,7,9,11,13,16H,2,4,6,8,10H2,1H3/b14-11-/t13-,16-/m1/s1. The number of carbonyl (C=O) groups is 1. The molecular weight excluding hydrogens is 284 g/mol. The number of rotatable bonds is 2. The zero-order chi connectivity index (χ0) is 14.7. The van der Waals surface area contributed by atoms with E-state index in [1.54, 1.807) is 0 Å². The largest absolute Gasteiger partial charge is 0.488 e. The highest BCUT2D eigenvalue weighted by Gasteiger charge is 2.32. The number of hydrogen-bond donors (Lipinski definition) is 0. The monoisotopic (exact) mass is 304 g/mol. The molecule has 2 atom stereocenters. The molecule has 21 heavy (non-hydrogen) atoms. The Labute approximate surface area is 129 Å². The van der Waals surface area contributed by atoms with Crippen molar-refractivity contribution in [2.45, 2.75) is 48.9 Å². The van der Waals surface area contributed by atoms with Gasteiger partial charge in [-0.15, -0.1) is 11.8 Å². The Kier molecular flexibility index (Phi) is 4.54. The lowest BCUT2D eigenvalue weighted by Gasteiger charge is -2.29. The summed E-state index contributed by atoms with van der Waals surface area (Å²) >= 11 is 1.89. The van der Waals surface area contributed by atoms with Gasteiger partial charge in [0.25, 0.3) is 0 Å². The first-order chi connectivity index (χ1) is 10.3. The summed E-state index contributed by atoms with van der Waals surface area (Å²) in [6.45, 7) is 2.19. The molecule has 1 aromatic carbocycles. The Balaban J connectivity index is 1.96. The van der Waals surface area contributed by atoms with E-state index in [-0.39, 0.29) is 12.1 Å². The van der Waals surface area contributed by atoms with Crippen LogP contribution in [0.25, 0.3) is 5.76 Å². The molecule has 0 saturated heterocycles. The quantitative estimate of drug-likeness (QED) is 0.610. The molecule has 0 N–H and O–H groups in total. The van der Waals surface area contributed by atoms with Crippen molar-refractivity contribution in [1.29, 1.82) is 0 Å². The van der Waals surface area contributed by atoms with Crippen molar-refractivity contribution in [3.05, 3.63) is 35.9 Å². The Morgan fingerprint density at radius 2 is 2.19 bits per heavy atom. The molecular formula is C17H20O3S. The van der Waals surface area contributed by atoms with E-state index in [0.29, 0.717) is 17.6 Å². The maximum atomic E-state index is 11.8. The van der Waals surface area contributed by atoms with E-state index in [9.17, 15) is 4.79 Å². The number of benzene rings is 1. The summed E-state index contributed by atoms with van der Waals surface area (Å²) in [4.78, 5) is 13.0. The van der Waals surface area contributed by atoms with Crippen molar-refractivity contribution >= 4 is 23.5 Å². The predicted molar refractivity (Wildman–Crippen MR) is 84.0 cm³/mol. The molecule has 1 aromatic rings. The molecule has 0 aromatic heterocycles. The summed E-state index contributed by atoms with van der Waals surface area (Å²) in [5.41, 5.74) is 1.00. The SMILES string of the molecule is CCOC(=O)/C=C1\O[C@@H]2CCCC[C@H]2Sc2ccccc21. The lowest BCUT2D eigenvalue weighted by molar-refractivity contribution is -0.137. The van der Waals surface area contributed by atoms with Crippen LogP contribution in [0.15, 0.2) is 35.2 Å². The molecule has 1 aliphatic heterocycles. The van der Waals surface area contributed by atoms with Gasteiger partial charge >= 0.3 is 5.97 Å². The molecule has 4 heteroatoms. The molecule has 1 heterocycles. The molecule has 2 aliphatic rings. The fourth-order valence-corrected chi connectivity index (χ4v) is 4.30. The third-order valence-electron chi connectivity index (χ3n) is 3.89. The van der Waals surface area contributed by atoms with Crippen LogP contribution < -0.4 is 0 Å². The number of fused-ring (bicyclic) bond motifs is 2. The average molecular weight is 304 g/mol. The van der Waals surface area contributed by atoms with Gasteiger partial charge in [-0.25, -0.2) is 4.79 Å². The van der Waals surface area contributed by atoms with Crippen LogP contribution in [0.4, 0.5) is 0 Å². The minimum absolute atomic E-state index is 0.192. The normalized spacial score (nSPS) is 26.2. The van der Waals surface area contributed by atoms with E-state index < -0.39 is 0 Å². The van der Waals surface area contributed by atoms with Gasteiger partial charge in [0.05, 0.1) is 12.7 Å². The maximum Gasteiger partial charge on any atom is 0.334 e. The topological polar surface area (TPSA) is 35.5 Å². The van der Waals surface area contributed by atoms with E-state index in [4.69, 9.17) is 9.47 Å². The summed E-state index contributed by atoms with van der Waals surface area (Å²) in [7, 11) is 0. The Hall–Kier alpha value is -1.42. The summed E-state index contributed by atoms with van der Waals surface area (Å²) in [6.07, 6.45) is 6.39. The highest BCUT2D eigenvalue weighted by atomic mass is 32.2. The van der Waals surface area contributed by atoms with E-state index in [1.165, 1.54) is 30.2 Å². The van der Waals surface area contributed by atoms with Crippen LogP contribution >= 0.6 is 11.8 Å². The number of carbonyl (C=O) groups excluding carboxylic acids is 1. The second-order valence-electron chi connectivity index (χ2n) is 5.35. The summed E-state index contributed by atoms with van der Waals surface area (Å²) in [5.74, 6) is 0.326. The Morgan fingerprint density at radius 1 is 1.38 bits per heavy atom. The molecule has 0 amide bonds. The molecule has 0 unspecified atom stereocenters. The van der Waals surface area contributed by atoms with Gasteiger partial charge in [-0.2, -0.15) is 0 Å². The third-order valence-corrected chi connectivity index (χ3v) is 5.34. The first kappa shape index (κ1) is 14.5. The molecule has 1 aliphatic carbocycles. The van der Waals surface area contributed by atoms with Gasteiger partial charge in [-0.1, -0.05) is 24.6 Å². The van der Waals surface area contributed by atoms with Crippen molar-refractivity contribution < 1.29 is 14.3 Å². The van der Waals surface area contributed by atoms with Crippen LogP contribution in [0.1, 0.15) is 38.2 Å². The van der Waals surface area contributed by atoms with Crippen molar-refractivity contribution in [1.82, 2.24) is 0 Å². The molecule has 1 fully saturated rings. The van der Waals surface area contributed by atoms with Crippen LogP contribution in [0.5, 0.6) is 0 Å². The number of ether oxygens (including phenoxy) is 2. The summed E-state index contributed by atoms with van der Waals surface area (Å²) in [5, 5.41) is 0.480. The smallest absolute Gasteiger partial charge is 0.334 e. The second-order valence-corrected chi connectivity index (χ2v) is 6.63. The Morgan fingerprint density at radius 3 is 3.05 bits per heavy atom. The first-order valence-corrected chi connectivity index (χ1v) is 8.47. The maximum absolute atomic E-state index is 11.8. The molecule has 0 bridgehead atoms. The minimum Gasteiger partial charge on any atom is -0.488 e. The number of esters is 1. The van der Waals surface area contributed by atoms with Crippen LogP contribution in [0.2, 0.25) is 0 Å². The van der Waals surface area contributed by atoms with Crippen molar-refractivity contribution in [2.75, 3.05) is 6.61 Å². The average Bonchev–Trinajstić information content (AvgIpc) is 2.64. The van der Waals surface area contributed by atoms with Gasteiger partial charge in [-0.3, -0.25) is 0 Å². The van der Waals surface area contributed by atoms with Crippen molar-refractivity contribution in [2.24, 2.45) is 0 Å². The minimum atomic E-state index is -0.332. The van der Waals surface area contributed by atoms with Gasteiger partial charge < -0.3 is 9.47 Å². The van der Waals surface area contributed by atoms with E-state index in [1.807, 2.05) is 36.9 Å². The van der Waals surface area contributed by atoms with Gasteiger partial charge in [0.1, 0.15) is 11.9 Å². The van der Waals surface area contributed by atoms with Gasteiger partial charge in [0.15, 0.2) is 0 Å². The van der Waals surface area contributed by atoms with Gasteiger partial charge in [0.2, 0.25) is 0 Å². The lowest BCUT2D eigenvalue weighted by atomic mass is 9.97. The second kappa shape index (κ2) is 6.56. The fraction of sp³-hybridized carbons (Fsp3) is 0.471. The van der Waals surface area contributed by atoms with E-state index >= 15 is 0 Å². The van der Waals surface area contributed by atoms with Crippen molar-refractivity contribution in [3.63, 3.8) is 0 Å². The van der Waals surface area contributed by atoms with Crippen LogP contribution in [0.3, 0.4) is 0 Å². The first-order valence-electron chi connectivity index (χ1n) is 7.59. The van der Waals surface area contributed by atoms with E-state index in [2.05, 4.69) is 6.07 Å². The Bertz CT molecular complexity index is 553. The number of hydrogen-bond acceptors (Lipinski definition) is 4. The van der Waals surface area contributed by atoms with Gasteiger partial charge in [-0.05, 0) is 32.3 Å². The van der Waals surface area contributed by atoms with Crippen LogP contribution in [0, 0.1) is 0 Å². The van der Waals surface area contributed by atoms with Crippen molar-refractivity contribution in [3.8, 4) is 0 Å². The fourth-order valence-electron chi connectivity index (χ4n) is 2.90. The highest BCUT2D eigenvalue weighted by Crippen LogP contribution is 2.43. The van der Waals surface area contributed by atoms with E-state index in [0.717, 1.165) is 12.0 Å². The zero-order valence-corrected chi connectivity index (χ0v) is 13.0. The third kappa shape index (κ3) is 3.26. The molecule has 3 rings (SSSR count). The highest BCUT2D eigenvalue weighted by molar-refractivity contribution is 8.00. The lowest BCUT2D eigenvalue weighted by Crippen LogP contribution is -2.28. The van der Waals surface area contributed by atoms with Crippen LogP contribution in [-0.4, -0.2) is 23.9 Å². The molecule has 3 nitrogen and oxygen atoms in total. The predicted octanol–water partition coefficient (Wildman–Crippen LogP) is 4.02. The number of thioether (sulfide) groups is 1. The van der Waals surface area contributed by atoms with Gasteiger partial charge in [0, 0.05) is 15.7 Å². The van der Waals surface area contributed by atoms with Crippen LogP contribution in [-0.2, 0) is 14.3 Å². The summed E-state index contributed by atoms with van der Waals surface area (Å²) in [6, 6.07) is 8.15. The summed E-state index contributed by atoms with van der Waals surface area (Å²) < 4.78 is 11.2. The molecule has 0 spiro atoms. The zero-order valence-electron chi connectivity index (χ0n) is 12.2. The molecule has 112 valence electrons.